The SMILES string of the molecule is Cc1ccc(NS(=O)(=O)c2cccc(C(=O)N3C[C@]4(C)C[C@H]3CC(C)(C)C4)c2)c(C)c1. The lowest BCUT2D eigenvalue weighted by Gasteiger charge is -2.39. The molecule has 0 radical (unpaired) electrons. The number of aryl methyl sites for hydroxylation is 2. The fraction of sp³-hybridized carbons (Fsp3) is 0.480. The van der Waals surface area contributed by atoms with Crippen LogP contribution in [0, 0.1) is 24.7 Å². The van der Waals surface area contributed by atoms with Gasteiger partial charge in [0.25, 0.3) is 15.9 Å². The van der Waals surface area contributed by atoms with E-state index >= 15 is 0 Å². The zero-order valence-corrected chi connectivity index (χ0v) is 19.8. The molecule has 1 aliphatic carbocycles. The third kappa shape index (κ3) is 4.36. The van der Waals surface area contributed by atoms with Crippen molar-refractivity contribution in [3.63, 3.8) is 0 Å². The first-order valence-corrected chi connectivity index (χ1v) is 12.4. The van der Waals surface area contributed by atoms with Crippen LogP contribution in [-0.2, 0) is 10.0 Å². The van der Waals surface area contributed by atoms with Crippen LogP contribution in [0.3, 0.4) is 0 Å². The molecule has 1 N–H and O–H groups in total. The maximum atomic E-state index is 13.4. The summed E-state index contributed by atoms with van der Waals surface area (Å²) in [6, 6.07) is 12.2. The van der Waals surface area contributed by atoms with Crippen LogP contribution in [0.4, 0.5) is 5.69 Å². The van der Waals surface area contributed by atoms with Crippen LogP contribution in [-0.4, -0.2) is 31.8 Å². The van der Waals surface area contributed by atoms with E-state index < -0.39 is 10.0 Å². The fourth-order valence-corrected chi connectivity index (χ4v) is 6.97. The van der Waals surface area contributed by atoms with Gasteiger partial charge in [-0.25, -0.2) is 8.42 Å². The number of fused-ring (bicyclic) bond motifs is 2. The molecule has 166 valence electrons. The van der Waals surface area contributed by atoms with Crippen LogP contribution >= 0.6 is 0 Å². The Kier molecular flexibility index (Phi) is 5.20. The lowest BCUT2D eigenvalue weighted by Crippen LogP contribution is -2.37. The number of nitrogens with zero attached hydrogens (tertiary/aromatic N) is 1. The highest BCUT2D eigenvalue weighted by Crippen LogP contribution is 2.52. The Morgan fingerprint density at radius 1 is 1.06 bits per heavy atom. The minimum Gasteiger partial charge on any atom is -0.335 e. The lowest BCUT2D eigenvalue weighted by molar-refractivity contribution is 0.0708. The Balaban J connectivity index is 1.59. The minimum absolute atomic E-state index is 0.0741. The summed E-state index contributed by atoms with van der Waals surface area (Å²) in [5, 5.41) is 0. The maximum Gasteiger partial charge on any atom is 0.261 e. The second-order valence-electron chi connectivity index (χ2n) is 10.6. The van der Waals surface area contributed by atoms with Gasteiger partial charge in [-0.05, 0) is 73.8 Å². The van der Waals surface area contributed by atoms with Crippen molar-refractivity contribution in [3.8, 4) is 0 Å². The predicted octanol–water partition coefficient (Wildman–Crippen LogP) is 5.15. The van der Waals surface area contributed by atoms with E-state index in [9.17, 15) is 13.2 Å². The Labute approximate surface area is 185 Å². The van der Waals surface area contributed by atoms with Crippen LogP contribution in [0.2, 0.25) is 0 Å². The van der Waals surface area contributed by atoms with Gasteiger partial charge in [0.05, 0.1) is 10.6 Å². The number of rotatable bonds is 4. The molecular formula is C25H32N2O3S. The third-order valence-corrected chi connectivity index (χ3v) is 8.06. The lowest BCUT2D eigenvalue weighted by atomic mass is 9.65. The zero-order chi connectivity index (χ0) is 22.6. The van der Waals surface area contributed by atoms with Gasteiger partial charge in [0.2, 0.25) is 0 Å². The van der Waals surface area contributed by atoms with E-state index in [2.05, 4.69) is 25.5 Å². The zero-order valence-electron chi connectivity index (χ0n) is 19.0. The minimum atomic E-state index is -3.80. The second-order valence-corrected chi connectivity index (χ2v) is 12.3. The Morgan fingerprint density at radius 2 is 1.81 bits per heavy atom. The first-order valence-electron chi connectivity index (χ1n) is 10.9. The number of carbonyl (C=O) groups is 1. The van der Waals surface area contributed by atoms with Gasteiger partial charge in [-0.1, -0.05) is 44.5 Å². The van der Waals surface area contributed by atoms with Gasteiger partial charge in [-0.2, -0.15) is 0 Å². The van der Waals surface area contributed by atoms with Gasteiger partial charge in [0.1, 0.15) is 0 Å². The topological polar surface area (TPSA) is 66.5 Å². The molecule has 1 amide bonds. The average Bonchev–Trinajstić information content (AvgIpc) is 2.92. The molecule has 6 heteroatoms. The fourth-order valence-electron chi connectivity index (χ4n) is 5.79. The average molecular weight is 441 g/mol. The first kappa shape index (κ1) is 21.9. The van der Waals surface area contributed by atoms with Gasteiger partial charge < -0.3 is 4.90 Å². The van der Waals surface area contributed by atoms with Gasteiger partial charge in [0.15, 0.2) is 0 Å². The van der Waals surface area contributed by atoms with E-state index in [4.69, 9.17) is 0 Å². The van der Waals surface area contributed by atoms with E-state index in [0.29, 0.717) is 11.3 Å². The maximum absolute atomic E-state index is 13.4. The Bertz CT molecular complexity index is 1140. The molecule has 0 spiro atoms. The highest BCUT2D eigenvalue weighted by Gasteiger charge is 2.51. The van der Waals surface area contributed by atoms with Crippen molar-refractivity contribution in [2.45, 2.75) is 64.8 Å². The van der Waals surface area contributed by atoms with Gasteiger partial charge in [0, 0.05) is 18.2 Å². The largest absolute Gasteiger partial charge is 0.335 e. The molecular weight excluding hydrogens is 408 g/mol. The smallest absolute Gasteiger partial charge is 0.261 e. The van der Waals surface area contributed by atoms with E-state index in [1.807, 2.05) is 30.9 Å². The molecule has 0 unspecified atom stereocenters. The number of anilines is 1. The highest BCUT2D eigenvalue weighted by atomic mass is 32.2. The monoisotopic (exact) mass is 440 g/mol. The van der Waals surface area contributed by atoms with E-state index in [1.165, 1.54) is 12.1 Å². The van der Waals surface area contributed by atoms with Gasteiger partial charge >= 0.3 is 0 Å². The predicted molar refractivity (Wildman–Crippen MR) is 124 cm³/mol. The van der Waals surface area contributed by atoms with Crippen LogP contribution < -0.4 is 4.72 Å². The summed E-state index contributed by atoms with van der Waals surface area (Å²) >= 11 is 0. The van der Waals surface area contributed by atoms with Crippen molar-refractivity contribution in [1.29, 1.82) is 0 Å². The van der Waals surface area contributed by atoms with Crippen molar-refractivity contribution in [3.05, 3.63) is 59.2 Å². The standard InChI is InChI=1S/C25H32N2O3S/c1-17-9-10-22(18(2)11-17)26-31(29,30)21-8-6-7-19(12-21)23(28)27-16-25(5)14-20(27)13-24(3,4)15-25/h6-12,20,26H,13-16H2,1-5H3/t20-,25-/m1/s1. The van der Waals surface area contributed by atoms with E-state index in [-0.39, 0.29) is 27.7 Å². The molecule has 31 heavy (non-hydrogen) atoms. The molecule has 2 atom stereocenters. The molecule has 2 fully saturated rings. The number of nitrogens with one attached hydrogen (secondary N) is 1. The second kappa shape index (κ2) is 7.37. The summed E-state index contributed by atoms with van der Waals surface area (Å²) in [6.07, 6.45) is 3.11. The van der Waals surface area contributed by atoms with Crippen molar-refractivity contribution in [1.82, 2.24) is 4.90 Å². The summed E-state index contributed by atoms with van der Waals surface area (Å²) in [6.45, 7) is 11.4. The summed E-state index contributed by atoms with van der Waals surface area (Å²) in [5.74, 6) is -0.0741. The molecule has 4 rings (SSSR count). The quantitative estimate of drug-likeness (QED) is 0.715. The Hall–Kier alpha value is -2.34. The van der Waals surface area contributed by atoms with E-state index in [1.54, 1.807) is 18.2 Å². The van der Waals surface area contributed by atoms with E-state index in [0.717, 1.165) is 36.9 Å². The third-order valence-electron chi connectivity index (χ3n) is 6.69. The molecule has 1 heterocycles. The molecule has 2 aromatic rings. The highest BCUT2D eigenvalue weighted by molar-refractivity contribution is 7.92. The van der Waals surface area contributed by atoms with Crippen LogP contribution in [0.25, 0.3) is 0 Å². The van der Waals surface area contributed by atoms with Gasteiger partial charge in [-0.3, -0.25) is 9.52 Å². The summed E-state index contributed by atoms with van der Waals surface area (Å²) in [5.41, 5.74) is 3.25. The number of likely N-dealkylation sites (tertiary alicyclic amines) is 1. The number of amides is 1. The number of sulfonamides is 1. The normalized spacial score (nSPS) is 24.8. The Morgan fingerprint density at radius 3 is 2.52 bits per heavy atom. The number of hydrogen-bond acceptors (Lipinski definition) is 3. The number of carbonyl (C=O) groups excluding carboxylic acids is 1. The molecule has 1 saturated heterocycles. The van der Waals surface area contributed by atoms with Crippen LogP contribution in [0.15, 0.2) is 47.4 Å². The molecule has 1 saturated carbocycles. The summed E-state index contributed by atoms with van der Waals surface area (Å²) < 4.78 is 28.7. The summed E-state index contributed by atoms with van der Waals surface area (Å²) in [4.78, 5) is 15.5. The summed E-state index contributed by atoms with van der Waals surface area (Å²) in [7, 11) is -3.80. The van der Waals surface area contributed by atoms with Gasteiger partial charge in [-0.15, -0.1) is 0 Å². The molecule has 0 aromatic heterocycles. The number of hydrogen-bond donors (Lipinski definition) is 1. The molecule has 5 nitrogen and oxygen atoms in total. The number of benzene rings is 2. The molecule has 2 bridgehead atoms. The van der Waals surface area contributed by atoms with Crippen molar-refractivity contribution >= 4 is 21.6 Å². The van der Waals surface area contributed by atoms with Crippen LogP contribution in [0.1, 0.15) is 61.5 Å². The first-order chi connectivity index (χ1) is 14.4. The van der Waals surface area contributed by atoms with Crippen molar-refractivity contribution in [2.24, 2.45) is 10.8 Å². The molecule has 1 aliphatic heterocycles. The van der Waals surface area contributed by atoms with Crippen LogP contribution in [0.5, 0.6) is 0 Å². The molecule has 2 aliphatic rings. The van der Waals surface area contributed by atoms with Crippen molar-refractivity contribution in [2.75, 3.05) is 11.3 Å². The molecule has 2 aromatic carbocycles. The van der Waals surface area contributed by atoms with Crippen molar-refractivity contribution < 1.29 is 13.2 Å².